The summed E-state index contributed by atoms with van der Waals surface area (Å²) in [7, 11) is 3.61. The van der Waals surface area contributed by atoms with Gasteiger partial charge in [-0.2, -0.15) is 0 Å². The van der Waals surface area contributed by atoms with Gasteiger partial charge >= 0.3 is 0 Å². The first-order valence-corrected chi connectivity index (χ1v) is 10.3. The molecule has 25 heavy (non-hydrogen) atoms. The summed E-state index contributed by atoms with van der Waals surface area (Å²) in [5.41, 5.74) is 2.80. The summed E-state index contributed by atoms with van der Waals surface area (Å²) < 4.78 is 11.7. The normalized spacial score (nSPS) is 16.0. The Kier molecular flexibility index (Phi) is 7.65. The van der Waals surface area contributed by atoms with Crippen LogP contribution in [0.3, 0.4) is 0 Å². The summed E-state index contributed by atoms with van der Waals surface area (Å²) in [6, 6.07) is 4.57. The molecule has 0 unspecified atom stereocenters. The fourth-order valence-corrected chi connectivity index (χ4v) is 4.26. The van der Waals surface area contributed by atoms with Crippen LogP contribution in [0.2, 0.25) is 0 Å². The van der Waals surface area contributed by atoms with Gasteiger partial charge in [0, 0.05) is 5.56 Å². The Hall–Kier alpha value is -1.18. The van der Waals surface area contributed by atoms with Crippen molar-refractivity contribution in [1.82, 2.24) is 0 Å². The maximum atomic E-state index is 5.84. The summed E-state index contributed by atoms with van der Waals surface area (Å²) in [5.74, 6) is 2.64. The van der Waals surface area contributed by atoms with E-state index in [1.807, 2.05) is 0 Å². The molecule has 0 aliphatic heterocycles. The van der Waals surface area contributed by atoms with Crippen LogP contribution in [0.15, 0.2) is 12.1 Å². The Bertz CT molecular complexity index is 502. The fourth-order valence-electron chi connectivity index (χ4n) is 4.26. The fraction of sp³-hybridized carbons (Fsp3) is 0.739. The number of hydrogen-bond donors (Lipinski definition) is 0. The third-order valence-electron chi connectivity index (χ3n) is 5.99. The summed E-state index contributed by atoms with van der Waals surface area (Å²) in [6.07, 6.45) is 13.0. The first-order chi connectivity index (χ1) is 12.0. The number of ether oxygens (including phenoxy) is 2. The average molecular weight is 347 g/mol. The van der Waals surface area contributed by atoms with E-state index in [9.17, 15) is 0 Å². The highest BCUT2D eigenvalue weighted by molar-refractivity contribution is 5.52. The predicted octanol–water partition coefficient (Wildman–Crippen LogP) is 7.00. The van der Waals surface area contributed by atoms with Crippen LogP contribution < -0.4 is 9.47 Å². The van der Waals surface area contributed by atoms with E-state index in [-0.39, 0.29) is 5.41 Å². The van der Waals surface area contributed by atoms with Crippen LogP contribution in [0.4, 0.5) is 0 Å². The molecule has 1 aromatic rings. The SMILES string of the molecule is CCCCCCC(C)(C)c1cc(OC)c(C2CCCCC2)c(OC)c1. The smallest absolute Gasteiger partial charge is 0.126 e. The summed E-state index contributed by atoms with van der Waals surface area (Å²) in [6.45, 7) is 6.98. The lowest BCUT2D eigenvalue weighted by Crippen LogP contribution is -2.18. The van der Waals surface area contributed by atoms with E-state index in [4.69, 9.17) is 9.47 Å². The summed E-state index contributed by atoms with van der Waals surface area (Å²) in [4.78, 5) is 0. The molecule has 2 heteroatoms. The van der Waals surface area contributed by atoms with E-state index in [1.165, 1.54) is 75.3 Å². The van der Waals surface area contributed by atoms with Crippen molar-refractivity contribution in [2.24, 2.45) is 0 Å². The van der Waals surface area contributed by atoms with E-state index < -0.39 is 0 Å². The molecule has 1 aliphatic rings. The van der Waals surface area contributed by atoms with E-state index in [2.05, 4.69) is 32.9 Å². The van der Waals surface area contributed by atoms with Gasteiger partial charge in [-0.15, -0.1) is 0 Å². The van der Waals surface area contributed by atoms with Crippen LogP contribution in [-0.4, -0.2) is 14.2 Å². The Balaban J connectivity index is 2.27. The monoisotopic (exact) mass is 346 g/mol. The standard InChI is InChI=1S/C23H38O2/c1-6-7-8-12-15-23(2,3)19-16-20(24-4)22(21(17-19)25-5)18-13-10-9-11-14-18/h16-18H,6-15H2,1-5H3. The zero-order valence-corrected chi connectivity index (χ0v) is 17.1. The molecule has 0 heterocycles. The minimum absolute atomic E-state index is 0.152. The van der Waals surface area contributed by atoms with Crippen LogP contribution in [0.5, 0.6) is 11.5 Å². The van der Waals surface area contributed by atoms with E-state index >= 15 is 0 Å². The number of benzene rings is 1. The summed E-state index contributed by atoms with van der Waals surface area (Å²) >= 11 is 0. The lowest BCUT2D eigenvalue weighted by Gasteiger charge is -2.30. The highest BCUT2D eigenvalue weighted by Gasteiger charge is 2.28. The molecule has 1 aromatic carbocycles. The molecule has 0 N–H and O–H groups in total. The Morgan fingerprint density at radius 3 is 2.04 bits per heavy atom. The third-order valence-corrected chi connectivity index (χ3v) is 5.99. The van der Waals surface area contributed by atoms with Gasteiger partial charge in [-0.1, -0.05) is 65.7 Å². The highest BCUT2D eigenvalue weighted by Crippen LogP contribution is 2.45. The van der Waals surface area contributed by atoms with Gasteiger partial charge in [-0.05, 0) is 48.3 Å². The van der Waals surface area contributed by atoms with Crippen LogP contribution >= 0.6 is 0 Å². The second-order valence-corrected chi connectivity index (χ2v) is 8.32. The number of hydrogen-bond acceptors (Lipinski definition) is 2. The maximum Gasteiger partial charge on any atom is 0.126 e. The van der Waals surface area contributed by atoms with Gasteiger partial charge in [-0.3, -0.25) is 0 Å². The highest BCUT2D eigenvalue weighted by atomic mass is 16.5. The van der Waals surface area contributed by atoms with Crippen molar-refractivity contribution in [3.8, 4) is 11.5 Å². The molecule has 2 rings (SSSR count). The van der Waals surface area contributed by atoms with Crippen LogP contribution in [-0.2, 0) is 5.41 Å². The van der Waals surface area contributed by atoms with Crippen molar-refractivity contribution in [2.45, 2.75) is 96.3 Å². The molecule has 0 amide bonds. The molecular weight excluding hydrogens is 308 g/mol. The van der Waals surface area contributed by atoms with E-state index in [0.29, 0.717) is 5.92 Å². The molecule has 2 nitrogen and oxygen atoms in total. The molecule has 0 radical (unpaired) electrons. The van der Waals surface area contributed by atoms with Crippen molar-refractivity contribution in [2.75, 3.05) is 14.2 Å². The van der Waals surface area contributed by atoms with Gasteiger partial charge in [0.15, 0.2) is 0 Å². The van der Waals surface area contributed by atoms with Gasteiger partial charge < -0.3 is 9.47 Å². The van der Waals surface area contributed by atoms with Crippen molar-refractivity contribution in [3.05, 3.63) is 23.3 Å². The first-order valence-electron chi connectivity index (χ1n) is 10.3. The van der Waals surface area contributed by atoms with Gasteiger partial charge in [0.1, 0.15) is 11.5 Å². The molecule has 0 bridgehead atoms. The van der Waals surface area contributed by atoms with Crippen molar-refractivity contribution in [3.63, 3.8) is 0 Å². The van der Waals surface area contributed by atoms with Crippen LogP contribution in [0.1, 0.15) is 102 Å². The molecule has 0 spiro atoms. The van der Waals surface area contributed by atoms with E-state index in [0.717, 1.165) is 11.5 Å². The quantitative estimate of drug-likeness (QED) is 0.448. The van der Waals surface area contributed by atoms with Gasteiger partial charge in [0.2, 0.25) is 0 Å². The molecule has 1 saturated carbocycles. The van der Waals surface area contributed by atoms with Crippen LogP contribution in [0, 0.1) is 0 Å². The number of methoxy groups -OCH3 is 2. The van der Waals surface area contributed by atoms with Gasteiger partial charge in [0.05, 0.1) is 14.2 Å². The molecular formula is C23H38O2. The van der Waals surface area contributed by atoms with E-state index in [1.54, 1.807) is 14.2 Å². The van der Waals surface area contributed by atoms with Crippen molar-refractivity contribution < 1.29 is 9.47 Å². The molecule has 0 saturated heterocycles. The minimum atomic E-state index is 0.152. The second kappa shape index (κ2) is 9.50. The minimum Gasteiger partial charge on any atom is -0.496 e. The predicted molar refractivity (Wildman–Crippen MR) is 107 cm³/mol. The van der Waals surface area contributed by atoms with Crippen LogP contribution in [0.25, 0.3) is 0 Å². The lowest BCUT2D eigenvalue weighted by molar-refractivity contribution is 0.355. The molecule has 0 atom stereocenters. The molecule has 1 aliphatic carbocycles. The Morgan fingerprint density at radius 2 is 1.52 bits per heavy atom. The average Bonchev–Trinajstić information content (AvgIpc) is 2.64. The van der Waals surface area contributed by atoms with Gasteiger partial charge in [-0.25, -0.2) is 0 Å². The zero-order valence-electron chi connectivity index (χ0n) is 17.1. The zero-order chi connectivity index (χ0) is 18.3. The first kappa shape index (κ1) is 20.1. The lowest BCUT2D eigenvalue weighted by atomic mass is 9.77. The molecule has 0 aromatic heterocycles. The topological polar surface area (TPSA) is 18.5 Å². The van der Waals surface area contributed by atoms with Crippen molar-refractivity contribution in [1.29, 1.82) is 0 Å². The number of unbranched alkanes of at least 4 members (excludes halogenated alkanes) is 3. The second-order valence-electron chi connectivity index (χ2n) is 8.32. The Morgan fingerprint density at radius 1 is 0.920 bits per heavy atom. The van der Waals surface area contributed by atoms with Gasteiger partial charge in [0.25, 0.3) is 0 Å². The Labute approximate surface area is 155 Å². The third kappa shape index (κ3) is 5.15. The maximum absolute atomic E-state index is 5.84. The summed E-state index contributed by atoms with van der Waals surface area (Å²) in [5, 5.41) is 0. The molecule has 142 valence electrons. The van der Waals surface area contributed by atoms with Crippen molar-refractivity contribution >= 4 is 0 Å². The largest absolute Gasteiger partial charge is 0.496 e. The molecule has 1 fully saturated rings. The number of rotatable bonds is 9.